The number of unbranched alkanes of at least 4 members (excludes halogenated alkanes) is 2. The lowest BCUT2D eigenvalue weighted by atomic mass is 10.2. The number of aromatic nitrogens is 4. The number of imidazole rings is 1. The molecular formula is C28H30N4O3. The number of benzene rings is 2. The Balaban J connectivity index is 1.79. The van der Waals surface area contributed by atoms with Gasteiger partial charge in [-0.15, -0.1) is 0 Å². The SMILES string of the molecule is CCCCC(=O)Oc1cn(-c2ccc(OC)cc2)c2nc(CCCC)n3c4ccccc4nc3c12. The minimum absolute atomic E-state index is 0.245. The number of carbonyl (C=O) groups excluding carboxylic acids is 1. The molecule has 0 aliphatic carbocycles. The number of ether oxygens (including phenoxy) is 2. The van der Waals surface area contributed by atoms with Crippen molar-refractivity contribution < 1.29 is 14.3 Å². The summed E-state index contributed by atoms with van der Waals surface area (Å²) in [5.41, 5.74) is 4.28. The van der Waals surface area contributed by atoms with E-state index in [0.717, 1.165) is 77.1 Å². The van der Waals surface area contributed by atoms with Crippen molar-refractivity contribution in [1.29, 1.82) is 0 Å². The molecule has 180 valence electrons. The van der Waals surface area contributed by atoms with Gasteiger partial charge in [0.15, 0.2) is 17.0 Å². The maximum atomic E-state index is 12.7. The Morgan fingerprint density at radius 2 is 1.71 bits per heavy atom. The van der Waals surface area contributed by atoms with Crippen LogP contribution in [0.3, 0.4) is 0 Å². The van der Waals surface area contributed by atoms with Gasteiger partial charge in [-0.2, -0.15) is 0 Å². The number of rotatable bonds is 9. The fourth-order valence-electron chi connectivity index (χ4n) is 4.44. The molecule has 7 nitrogen and oxygen atoms in total. The second-order valence-electron chi connectivity index (χ2n) is 8.73. The van der Waals surface area contributed by atoms with Gasteiger partial charge < -0.3 is 9.47 Å². The number of esters is 1. The highest BCUT2D eigenvalue weighted by molar-refractivity contribution is 6.01. The summed E-state index contributed by atoms with van der Waals surface area (Å²) in [7, 11) is 1.65. The molecule has 0 N–H and O–H groups in total. The number of carbonyl (C=O) groups is 1. The van der Waals surface area contributed by atoms with E-state index < -0.39 is 0 Å². The van der Waals surface area contributed by atoms with Crippen LogP contribution in [0.5, 0.6) is 11.5 Å². The molecule has 0 bridgehead atoms. The molecule has 0 radical (unpaired) electrons. The Kier molecular flexibility index (Phi) is 6.40. The van der Waals surface area contributed by atoms with Gasteiger partial charge in [0.1, 0.15) is 17.0 Å². The highest BCUT2D eigenvalue weighted by Crippen LogP contribution is 2.36. The van der Waals surface area contributed by atoms with Crippen molar-refractivity contribution in [3.8, 4) is 17.2 Å². The molecule has 2 aromatic carbocycles. The lowest BCUT2D eigenvalue weighted by molar-refractivity contribution is -0.134. The van der Waals surface area contributed by atoms with E-state index in [2.05, 4.69) is 24.3 Å². The first-order chi connectivity index (χ1) is 17.1. The molecule has 0 spiro atoms. The molecule has 3 heterocycles. The minimum Gasteiger partial charge on any atom is -0.497 e. The third kappa shape index (κ3) is 4.22. The van der Waals surface area contributed by atoms with Crippen LogP contribution in [0, 0.1) is 0 Å². The van der Waals surface area contributed by atoms with Crippen molar-refractivity contribution in [2.45, 2.75) is 52.4 Å². The molecule has 3 aromatic heterocycles. The van der Waals surface area contributed by atoms with Crippen LogP contribution in [0.25, 0.3) is 33.4 Å². The van der Waals surface area contributed by atoms with E-state index >= 15 is 0 Å². The molecule has 5 aromatic rings. The molecule has 7 heteroatoms. The second kappa shape index (κ2) is 9.78. The fraction of sp³-hybridized carbons (Fsp3) is 0.321. The number of hydrogen-bond donors (Lipinski definition) is 0. The summed E-state index contributed by atoms with van der Waals surface area (Å²) in [5, 5.41) is 0.738. The van der Waals surface area contributed by atoms with Gasteiger partial charge >= 0.3 is 5.97 Å². The summed E-state index contributed by atoms with van der Waals surface area (Å²) in [5.74, 6) is 1.95. The third-order valence-corrected chi connectivity index (χ3v) is 6.28. The average Bonchev–Trinajstić information content (AvgIpc) is 3.44. The predicted molar refractivity (Wildman–Crippen MR) is 138 cm³/mol. The Bertz CT molecular complexity index is 1500. The first-order valence-electron chi connectivity index (χ1n) is 12.3. The van der Waals surface area contributed by atoms with Crippen LogP contribution in [0.1, 0.15) is 51.8 Å². The van der Waals surface area contributed by atoms with E-state index in [1.165, 1.54) is 0 Å². The molecule has 0 fully saturated rings. The van der Waals surface area contributed by atoms with Crippen molar-refractivity contribution >= 4 is 33.7 Å². The predicted octanol–water partition coefficient (Wildman–Crippen LogP) is 6.27. The molecule has 0 amide bonds. The van der Waals surface area contributed by atoms with E-state index in [-0.39, 0.29) is 5.97 Å². The summed E-state index contributed by atoms with van der Waals surface area (Å²) in [6.45, 7) is 4.24. The molecule has 35 heavy (non-hydrogen) atoms. The van der Waals surface area contributed by atoms with E-state index in [1.54, 1.807) is 7.11 Å². The van der Waals surface area contributed by atoms with Gasteiger partial charge in [0, 0.05) is 18.5 Å². The van der Waals surface area contributed by atoms with Crippen LogP contribution in [0.4, 0.5) is 0 Å². The van der Waals surface area contributed by atoms with Crippen LogP contribution in [-0.4, -0.2) is 32.0 Å². The summed E-state index contributed by atoms with van der Waals surface area (Å²) in [6, 6.07) is 15.8. The van der Waals surface area contributed by atoms with E-state index in [1.807, 2.05) is 53.2 Å². The zero-order valence-corrected chi connectivity index (χ0v) is 20.5. The second-order valence-corrected chi connectivity index (χ2v) is 8.73. The normalized spacial score (nSPS) is 11.5. The molecule has 0 saturated carbocycles. The van der Waals surface area contributed by atoms with E-state index in [0.29, 0.717) is 12.2 Å². The molecule has 0 atom stereocenters. The molecular weight excluding hydrogens is 440 g/mol. The van der Waals surface area contributed by atoms with Crippen LogP contribution < -0.4 is 9.47 Å². The highest BCUT2D eigenvalue weighted by Gasteiger charge is 2.23. The largest absolute Gasteiger partial charge is 0.497 e. The smallest absolute Gasteiger partial charge is 0.311 e. The third-order valence-electron chi connectivity index (χ3n) is 6.28. The lowest BCUT2D eigenvalue weighted by Crippen LogP contribution is -2.07. The molecule has 0 aliphatic rings. The van der Waals surface area contributed by atoms with Crippen molar-refractivity contribution in [2.24, 2.45) is 0 Å². The quantitative estimate of drug-likeness (QED) is 0.237. The summed E-state index contributed by atoms with van der Waals surface area (Å²) >= 11 is 0. The fourth-order valence-corrected chi connectivity index (χ4v) is 4.44. The van der Waals surface area contributed by atoms with Crippen LogP contribution in [-0.2, 0) is 11.2 Å². The van der Waals surface area contributed by atoms with Crippen LogP contribution >= 0.6 is 0 Å². The number of nitrogens with zero attached hydrogens (tertiary/aromatic N) is 4. The maximum Gasteiger partial charge on any atom is 0.311 e. The number of aryl methyl sites for hydroxylation is 1. The van der Waals surface area contributed by atoms with Gasteiger partial charge in [-0.05, 0) is 49.2 Å². The molecule has 5 rings (SSSR count). The van der Waals surface area contributed by atoms with Gasteiger partial charge in [0.25, 0.3) is 0 Å². The number of fused-ring (bicyclic) bond motifs is 5. The van der Waals surface area contributed by atoms with Gasteiger partial charge in [-0.25, -0.2) is 9.97 Å². The topological polar surface area (TPSA) is 70.7 Å². The summed E-state index contributed by atoms with van der Waals surface area (Å²) < 4.78 is 15.4. The Morgan fingerprint density at radius 1 is 0.943 bits per heavy atom. The van der Waals surface area contributed by atoms with Gasteiger partial charge in [0.05, 0.1) is 24.3 Å². The van der Waals surface area contributed by atoms with Gasteiger partial charge in [-0.3, -0.25) is 13.8 Å². The van der Waals surface area contributed by atoms with Crippen molar-refractivity contribution in [2.75, 3.05) is 7.11 Å². The summed E-state index contributed by atoms with van der Waals surface area (Å²) in [4.78, 5) is 22.8. The first kappa shape index (κ1) is 22.9. The Hall–Kier alpha value is -3.87. The van der Waals surface area contributed by atoms with Gasteiger partial charge in [-0.1, -0.05) is 38.8 Å². The van der Waals surface area contributed by atoms with Crippen molar-refractivity contribution in [3.63, 3.8) is 0 Å². The monoisotopic (exact) mass is 470 g/mol. The Labute approximate surface area is 204 Å². The Morgan fingerprint density at radius 3 is 2.46 bits per heavy atom. The number of methoxy groups -OCH3 is 1. The zero-order chi connectivity index (χ0) is 24.4. The van der Waals surface area contributed by atoms with Crippen molar-refractivity contribution in [3.05, 3.63) is 60.6 Å². The average molecular weight is 471 g/mol. The maximum absolute atomic E-state index is 12.7. The molecule has 0 aliphatic heterocycles. The summed E-state index contributed by atoms with van der Waals surface area (Å²) in [6.07, 6.45) is 6.85. The minimum atomic E-state index is -0.245. The number of hydrogen-bond acceptors (Lipinski definition) is 5. The van der Waals surface area contributed by atoms with E-state index in [4.69, 9.17) is 19.4 Å². The lowest BCUT2D eigenvalue weighted by Gasteiger charge is -2.10. The van der Waals surface area contributed by atoms with E-state index in [9.17, 15) is 4.79 Å². The van der Waals surface area contributed by atoms with Crippen LogP contribution in [0.15, 0.2) is 54.7 Å². The van der Waals surface area contributed by atoms with Crippen LogP contribution in [0.2, 0.25) is 0 Å². The van der Waals surface area contributed by atoms with Gasteiger partial charge in [0.2, 0.25) is 0 Å². The standard InChI is InChI=1S/C28H30N4O3/c1-4-6-12-24-30-27-26(28-29-21-10-8-9-11-22(21)32(24)28)23(35-25(33)13-7-5-2)18-31(27)19-14-16-20(34-3)17-15-19/h8-11,14-18H,4-7,12-13H2,1-3H3. The number of para-hydroxylation sites is 2. The zero-order valence-electron chi connectivity index (χ0n) is 20.5. The van der Waals surface area contributed by atoms with Crippen molar-refractivity contribution in [1.82, 2.24) is 18.9 Å². The molecule has 0 saturated heterocycles. The first-order valence-corrected chi connectivity index (χ1v) is 12.3. The highest BCUT2D eigenvalue weighted by atomic mass is 16.5. The molecule has 0 unspecified atom stereocenters.